The molecule has 2 aromatic heterocycles. The molecule has 2 rings (SSSR count). The van der Waals surface area contributed by atoms with Gasteiger partial charge in [0.1, 0.15) is 12.0 Å². The molecule has 0 atom stereocenters. The number of nitrogens with one attached hydrogen (secondary N) is 1. The Hall–Kier alpha value is -2.83. The van der Waals surface area contributed by atoms with E-state index in [0.29, 0.717) is 11.5 Å². The lowest BCUT2D eigenvalue weighted by atomic mass is 10.3. The number of hydrazone groups is 1. The number of hydrogen-bond donors (Lipinski definition) is 1. The largest absolute Gasteiger partial charge is 0.287 e. The Morgan fingerprint density at radius 2 is 2.16 bits per heavy atom. The van der Waals surface area contributed by atoms with Crippen molar-refractivity contribution >= 4 is 17.2 Å². The minimum Gasteiger partial charge on any atom is -0.261 e. The van der Waals surface area contributed by atoms with Crippen LogP contribution in [0.25, 0.3) is 0 Å². The van der Waals surface area contributed by atoms with Gasteiger partial charge in [-0.15, -0.1) is 0 Å². The van der Waals surface area contributed by atoms with Crippen molar-refractivity contribution in [1.29, 1.82) is 0 Å². The lowest BCUT2D eigenvalue weighted by Gasteiger charge is -2.01. The Morgan fingerprint density at radius 1 is 1.32 bits per heavy atom. The highest BCUT2D eigenvalue weighted by molar-refractivity contribution is 5.97. The van der Waals surface area contributed by atoms with Crippen molar-refractivity contribution in [3.8, 4) is 0 Å². The van der Waals surface area contributed by atoms with Gasteiger partial charge in [-0.1, -0.05) is 6.07 Å². The van der Waals surface area contributed by atoms with E-state index in [2.05, 4.69) is 20.5 Å². The molecular weight excluding hydrogens is 246 g/mol. The van der Waals surface area contributed by atoms with E-state index in [1.54, 1.807) is 13.1 Å². The fourth-order valence-electron chi connectivity index (χ4n) is 1.34. The number of rotatable bonds is 4. The molecule has 0 aliphatic carbocycles. The molecule has 0 aromatic carbocycles. The third-order valence-corrected chi connectivity index (χ3v) is 2.33. The minimum atomic E-state index is -0.501. The first kappa shape index (κ1) is 12.6. The predicted molar refractivity (Wildman–Crippen MR) is 71.0 cm³/mol. The van der Waals surface area contributed by atoms with Crippen LogP contribution in [-0.2, 0) is 0 Å². The standard InChI is InChI=1S/C12H11N5O2/c1-9(11-4-2-3-7-13-11)15-16-12-6-5-10(8-14-12)17(18)19/h2-8H,1H3,(H,14,16). The molecule has 0 radical (unpaired) electrons. The number of nitro groups is 1. The van der Waals surface area contributed by atoms with Gasteiger partial charge in [-0.3, -0.25) is 20.5 Å². The van der Waals surface area contributed by atoms with Crippen LogP contribution in [0.5, 0.6) is 0 Å². The second kappa shape index (κ2) is 5.67. The zero-order valence-corrected chi connectivity index (χ0v) is 10.1. The fourth-order valence-corrected chi connectivity index (χ4v) is 1.34. The summed E-state index contributed by atoms with van der Waals surface area (Å²) in [7, 11) is 0. The predicted octanol–water partition coefficient (Wildman–Crippen LogP) is 2.22. The zero-order chi connectivity index (χ0) is 13.7. The molecule has 7 nitrogen and oxygen atoms in total. The molecule has 0 bridgehead atoms. The Morgan fingerprint density at radius 3 is 2.74 bits per heavy atom. The summed E-state index contributed by atoms with van der Waals surface area (Å²) >= 11 is 0. The summed E-state index contributed by atoms with van der Waals surface area (Å²) in [6, 6.07) is 8.38. The van der Waals surface area contributed by atoms with Crippen molar-refractivity contribution in [3.05, 3.63) is 58.5 Å². The minimum absolute atomic E-state index is 0.0593. The maximum Gasteiger partial charge on any atom is 0.287 e. The molecule has 96 valence electrons. The van der Waals surface area contributed by atoms with Crippen molar-refractivity contribution < 1.29 is 4.92 Å². The van der Waals surface area contributed by atoms with Crippen LogP contribution in [0.3, 0.4) is 0 Å². The van der Waals surface area contributed by atoms with E-state index in [1.165, 1.54) is 18.3 Å². The molecule has 1 N–H and O–H groups in total. The molecule has 7 heteroatoms. The van der Waals surface area contributed by atoms with Gasteiger partial charge in [0.2, 0.25) is 0 Å². The van der Waals surface area contributed by atoms with Gasteiger partial charge in [-0.25, -0.2) is 4.98 Å². The van der Waals surface area contributed by atoms with Crippen molar-refractivity contribution in [2.75, 3.05) is 5.43 Å². The molecule has 0 unspecified atom stereocenters. The molecule has 2 heterocycles. The Balaban J connectivity index is 2.08. The van der Waals surface area contributed by atoms with Crippen LogP contribution in [0, 0.1) is 10.1 Å². The van der Waals surface area contributed by atoms with Crippen molar-refractivity contribution in [2.24, 2.45) is 5.10 Å². The van der Waals surface area contributed by atoms with Gasteiger partial charge < -0.3 is 0 Å². The Kier molecular flexibility index (Phi) is 3.77. The first-order chi connectivity index (χ1) is 9.16. The highest BCUT2D eigenvalue weighted by Crippen LogP contribution is 2.11. The number of aromatic nitrogens is 2. The normalized spacial score (nSPS) is 11.1. The lowest BCUT2D eigenvalue weighted by molar-refractivity contribution is -0.385. The molecule has 2 aromatic rings. The number of pyridine rings is 2. The number of nitrogens with zero attached hydrogens (tertiary/aromatic N) is 4. The van der Waals surface area contributed by atoms with Gasteiger partial charge in [0.25, 0.3) is 5.69 Å². The first-order valence-corrected chi connectivity index (χ1v) is 5.49. The highest BCUT2D eigenvalue weighted by atomic mass is 16.6. The van der Waals surface area contributed by atoms with Crippen LogP contribution < -0.4 is 5.43 Å². The number of hydrogen-bond acceptors (Lipinski definition) is 6. The summed E-state index contributed by atoms with van der Waals surface area (Å²) in [6.07, 6.45) is 2.85. The van der Waals surface area contributed by atoms with E-state index in [4.69, 9.17) is 0 Å². The Bertz CT molecular complexity index is 595. The second-order valence-electron chi connectivity index (χ2n) is 3.68. The fraction of sp³-hybridized carbons (Fsp3) is 0.0833. The van der Waals surface area contributed by atoms with Gasteiger partial charge in [-0.05, 0) is 25.1 Å². The van der Waals surface area contributed by atoms with Gasteiger partial charge in [0.15, 0.2) is 0 Å². The van der Waals surface area contributed by atoms with E-state index >= 15 is 0 Å². The van der Waals surface area contributed by atoms with Gasteiger partial charge >= 0.3 is 0 Å². The van der Waals surface area contributed by atoms with Gasteiger partial charge in [0, 0.05) is 12.3 Å². The van der Waals surface area contributed by atoms with Crippen molar-refractivity contribution in [2.45, 2.75) is 6.92 Å². The van der Waals surface area contributed by atoms with Crippen LogP contribution in [-0.4, -0.2) is 20.6 Å². The van der Waals surface area contributed by atoms with Crippen molar-refractivity contribution in [1.82, 2.24) is 9.97 Å². The average Bonchev–Trinajstić information content (AvgIpc) is 2.46. The average molecular weight is 257 g/mol. The summed E-state index contributed by atoms with van der Waals surface area (Å²) in [5, 5.41) is 14.6. The molecule has 0 saturated carbocycles. The molecule has 0 aliphatic heterocycles. The molecular formula is C12H11N5O2. The summed E-state index contributed by atoms with van der Waals surface area (Å²) in [6.45, 7) is 1.81. The molecule has 0 fully saturated rings. The van der Waals surface area contributed by atoms with Crippen LogP contribution in [0.1, 0.15) is 12.6 Å². The summed E-state index contributed by atoms with van der Waals surface area (Å²) in [4.78, 5) is 18.0. The maximum absolute atomic E-state index is 10.5. The lowest BCUT2D eigenvalue weighted by Crippen LogP contribution is -2.02. The van der Waals surface area contributed by atoms with Crippen LogP contribution in [0.2, 0.25) is 0 Å². The van der Waals surface area contributed by atoms with E-state index in [-0.39, 0.29) is 5.69 Å². The topological polar surface area (TPSA) is 93.3 Å². The Labute approximate surface area is 109 Å². The summed E-state index contributed by atoms with van der Waals surface area (Å²) in [5.41, 5.74) is 4.11. The molecule has 0 amide bonds. The third kappa shape index (κ3) is 3.32. The molecule has 0 aliphatic rings. The third-order valence-electron chi connectivity index (χ3n) is 2.33. The smallest absolute Gasteiger partial charge is 0.261 e. The van der Waals surface area contributed by atoms with Crippen molar-refractivity contribution in [3.63, 3.8) is 0 Å². The van der Waals surface area contributed by atoms with E-state index < -0.39 is 4.92 Å². The van der Waals surface area contributed by atoms with Crippen LogP contribution in [0.15, 0.2) is 47.8 Å². The second-order valence-corrected chi connectivity index (χ2v) is 3.68. The summed E-state index contributed by atoms with van der Waals surface area (Å²) in [5.74, 6) is 0.431. The van der Waals surface area contributed by atoms with Gasteiger partial charge in [-0.2, -0.15) is 5.10 Å². The first-order valence-electron chi connectivity index (χ1n) is 5.49. The summed E-state index contributed by atoms with van der Waals surface area (Å²) < 4.78 is 0. The molecule has 0 spiro atoms. The SMILES string of the molecule is CC(=NNc1ccc([N+](=O)[O-])cn1)c1ccccn1. The maximum atomic E-state index is 10.5. The number of anilines is 1. The van der Waals surface area contributed by atoms with E-state index in [1.807, 2.05) is 18.2 Å². The molecule has 0 saturated heterocycles. The monoisotopic (exact) mass is 257 g/mol. The quantitative estimate of drug-likeness (QED) is 0.515. The van der Waals surface area contributed by atoms with Gasteiger partial charge in [0.05, 0.1) is 16.3 Å². The zero-order valence-electron chi connectivity index (χ0n) is 10.1. The highest BCUT2D eigenvalue weighted by Gasteiger charge is 2.04. The van der Waals surface area contributed by atoms with Crippen LogP contribution in [0.4, 0.5) is 11.5 Å². The van der Waals surface area contributed by atoms with E-state index in [0.717, 1.165) is 5.69 Å². The molecule has 19 heavy (non-hydrogen) atoms. The van der Waals surface area contributed by atoms with Crippen LogP contribution >= 0.6 is 0 Å². The van der Waals surface area contributed by atoms with E-state index in [9.17, 15) is 10.1 Å².